The number of hydrogen-bond acceptors (Lipinski definition) is 10. The van der Waals surface area contributed by atoms with Crippen molar-refractivity contribution in [2.45, 2.75) is 114 Å². The van der Waals surface area contributed by atoms with Crippen molar-refractivity contribution in [3.63, 3.8) is 0 Å². The summed E-state index contributed by atoms with van der Waals surface area (Å²) in [5, 5.41) is 11.1. The van der Waals surface area contributed by atoms with Crippen LogP contribution >= 0.6 is 22.9 Å². The van der Waals surface area contributed by atoms with Crippen molar-refractivity contribution >= 4 is 65.4 Å². The molecule has 0 saturated carbocycles. The lowest BCUT2D eigenvalue weighted by molar-refractivity contribution is -0.118. The molecule has 0 spiro atoms. The first-order valence-corrected chi connectivity index (χ1v) is 19.3. The van der Waals surface area contributed by atoms with Gasteiger partial charge < -0.3 is 15.2 Å². The second kappa shape index (κ2) is 14.4. The summed E-state index contributed by atoms with van der Waals surface area (Å²) in [4.78, 5) is 29.3. The first-order chi connectivity index (χ1) is 21.1. The number of nitrogens with zero attached hydrogens (tertiary/aromatic N) is 2. The molecule has 11 nitrogen and oxygen atoms in total. The van der Waals surface area contributed by atoms with Crippen LogP contribution in [-0.2, 0) is 45.8 Å². The van der Waals surface area contributed by atoms with Crippen LogP contribution in [0.5, 0.6) is 0 Å². The van der Waals surface area contributed by atoms with Crippen LogP contribution in [0.2, 0.25) is 5.02 Å². The van der Waals surface area contributed by atoms with E-state index in [2.05, 4.69) is 20.8 Å². The van der Waals surface area contributed by atoms with Crippen molar-refractivity contribution in [3.8, 4) is 0 Å². The molecule has 47 heavy (non-hydrogen) atoms. The normalized spacial score (nSPS) is 13.1. The molecule has 3 rings (SSSR count). The number of nitrogens with one attached hydrogen (secondary N) is 2. The fourth-order valence-electron chi connectivity index (χ4n) is 3.72. The number of sulfone groups is 2. The van der Waals surface area contributed by atoms with E-state index >= 15 is 0 Å². The quantitative estimate of drug-likeness (QED) is 0.237. The summed E-state index contributed by atoms with van der Waals surface area (Å²) in [7, 11) is -7.33. The number of amides is 2. The Hall–Kier alpha value is -2.81. The van der Waals surface area contributed by atoms with E-state index in [-0.39, 0.29) is 22.4 Å². The fourth-order valence-corrected chi connectivity index (χ4v) is 7.59. The number of hydrogen-bond donors (Lipinski definition) is 2. The standard InChI is InChI=1S/C18H23ClN2O3S2.C14H24N2O4S/c1-17(2,3)14-10-25-16(20-14)21-15(22)18(4,5)26(23,24)11-12-6-8-13(19)9-7-12;1-9(2)21(18,19)14(6,7)12(17)15-11-8-10(20-16-11)13(3,4)5/h6-10H,11H2,1-5H3,(H,20,21,22);8-9H,1-7H3,(H,15,16,17). The van der Waals surface area contributed by atoms with Crippen LogP contribution < -0.4 is 10.6 Å². The zero-order valence-corrected chi connectivity index (χ0v) is 32.3. The van der Waals surface area contributed by atoms with E-state index in [0.29, 0.717) is 21.5 Å². The summed E-state index contributed by atoms with van der Waals surface area (Å²) in [6.45, 7) is 20.6. The molecule has 2 amide bonds. The van der Waals surface area contributed by atoms with Gasteiger partial charge in [-0.15, -0.1) is 11.3 Å². The number of anilines is 2. The Balaban J connectivity index is 0.000000335. The maximum Gasteiger partial charge on any atom is 0.247 e. The first kappa shape index (κ1) is 40.4. The van der Waals surface area contributed by atoms with Crippen LogP contribution in [0.1, 0.15) is 100 Å². The largest absolute Gasteiger partial charge is 0.359 e. The van der Waals surface area contributed by atoms with Crippen LogP contribution in [0.3, 0.4) is 0 Å². The third-order valence-corrected chi connectivity index (χ3v) is 13.8. The average Bonchev–Trinajstić information content (AvgIpc) is 3.60. The van der Waals surface area contributed by atoms with Crippen molar-refractivity contribution in [1.29, 1.82) is 0 Å². The lowest BCUT2D eigenvalue weighted by atomic mass is 9.93. The second-order valence-corrected chi connectivity index (χ2v) is 21.4. The Bertz CT molecular complexity index is 1780. The molecular formula is C32H47ClN4O7S3. The molecule has 0 unspecified atom stereocenters. The molecular weight excluding hydrogens is 684 g/mol. The van der Waals surface area contributed by atoms with Gasteiger partial charge in [-0.3, -0.25) is 9.59 Å². The lowest BCUT2D eigenvalue weighted by Gasteiger charge is -2.25. The predicted octanol–water partition coefficient (Wildman–Crippen LogP) is 6.94. The molecule has 15 heteroatoms. The number of thiazole rings is 1. The fraction of sp³-hybridized carbons (Fsp3) is 0.562. The molecule has 0 aliphatic rings. The highest BCUT2D eigenvalue weighted by Crippen LogP contribution is 2.30. The molecule has 1 aromatic carbocycles. The smallest absolute Gasteiger partial charge is 0.247 e. The number of rotatable bonds is 9. The summed E-state index contributed by atoms with van der Waals surface area (Å²) < 4.78 is 52.1. The van der Waals surface area contributed by atoms with Gasteiger partial charge in [-0.1, -0.05) is 70.4 Å². The highest BCUT2D eigenvalue weighted by molar-refractivity contribution is 7.94. The minimum Gasteiger partial charge on any atom is -0.359 e. The minimum absolute atomic E-state index is 0.143. The predicted molar refractivity (Wildman–Crippen MR) is 190 cm³/mol. The summed E-state index contributed by atoms with van der Waals surface area (Å²) >= 11 is 7.11. The molecule has 0 atom stereocenters. The number of halogens is 1. The summed E-state index contributed by atoms with van der Waals surface area (Å²) in [6, 6.07) is 8.15. The molecule has 3 aromatic rings. The highest BCUT2D eigenvalue weighted by atomic mass is 35.5. The number of benzene rings is 1. The van der Waals surface area contributed by atoms with Crippen molar-refractivity contribution in [2.75, 3.05) is 10.6 Å². The van der Waals surface area contributed by atoms with Gasteiger partial charge >= 0.3 is 0 Å². The van der Waals surface area contributed by atoms with Crippen LogP contribution in [-0.4, -0.2) is 53.5 Å². The molecule has 0 aliphatic heterocycles. The Morgan fingerprint density at radius 1 is 0.851 bits per heavy atom. The van der Waals surface area contributed by atoms with Crippen LogP contribution in [0.25, 0.3) is 0 Å². The molecule has 2 heterocycles. The van der Waals surface area contributed by atoms with Gasteiger partial charge in [-0.05, 0) is 59.2 Å². The third kappa shape index (κ3) is 9.86. The van der Waals surface area contributed by atoms with Crippen molar-refractivity contribution in [1.82, 2.24) is 10.1 Å². The van der Waals surface area contributed by atoms with Crippen LogP contribution in [0, 0.1) is 0 Å². The zero-order chi connectivity index (χ0) is 36.4. The molecule has 2 N–H and O–H groups in total. The summed E-state index contributed by atoms with van der Waals surface area (Å²) in [5.74, 6) is -0.624. The van der Waals surface area contributed by atoms with Gasteiger partial charge in [0, 0.05) is 27.3 Å². The van der Waals surface area contributed by atoms with Gasteiger partial charge in [0.15, 0.2) is 30.6 Å². The van der Waals surface area contributed by atoms with E-state index in [4.69, 9.17) is 16.1 Å². The van der Waals surface area contributed by atoms with Gasteiger partial charge in [0.2, 0.25) is 11.8 Å². The molecule has 2 aromatic heterocycles. The SMILES string of the molecule is CC(C)(C)c1csc(NC(=O)C(C)(C)S(=O)(=O)Cc2ccc(Cl)cc2)n1.CC(C)S(=O)(=O)C(C)(C)C(=O)Nc1cc(C(C)(C)C)on1. The Morgan fingerprint density at radius 3 is 1.83 bits per heavy atom. The van der Waals surface area contributed by atoms with Crippen molar-refractivity contribution in [2.24, 2.45) is 0 Å². The average molecular weight is 731 g/mol. The summed E-state index contributed by atoms with van der Waals surface area (Å²) in [6.07, 6.45) is 0. The second-order valence-electron chi connectivity index (χ2n) is 14.5. The Morgan fingerprint density at radius 2 is 1.38 bits per heavy atom. The first-order valence-electron chi connectivity index (χ1n) is 14.9. The Kier molecular flexibility index (Phi) is 12.3. The van der Waals surface area contributed by atoms with E-state index in [0.717, 1.165) is 5.69 Å². The van der Waals surface area contributed by atoms with Gasteiger partial charge in [-0.25, -0.2) is 21.8 Å². The van der Waals surface area contributed by atoms with Gasteiger partial charge in [-0.2, -0.15) is 0 Å². The maximum atomic E-state index is 12.8. The molecule has 0 bridgehead atoms. The molecule has 262 valence electrons. The van der Waals surface area contributed by atoms with Gasteiger partial charge in [0.1, 0.15) is 15.3 Å². The van der Waals surface area contributed by atoms with E-state index in [1.807, 2.05) is 46.9 Å². The zero-order valence-electron chi connectivity index (χ0n) is 29.1. The van der Waals surface area contributed by atoms with E-state index < -0.39 is 46.2 Å². The monoisotopic (exact) mass is 730 g/mol. The maximum absolute atomic E-state index is 12.8. The van der Waals surface area contributed by atoms with Gasteiger partial charge in [0.25, 0.3) is 0 Å². The topological polar surface area (TPSA) is 165 Å². The Labute approximate surface area is 288 Å². The van der Waals surface area contributed by atoms with Crippen molar-refractivity contribution < 1.29 is 30.9 Å². The van der Waals surface area contributed by atoms with Crippen LogP contribution in [0.15, 0.2) is 40.2 Å². The van der Waals surface area contributed by atoms with Crippen molar-refractivity contribution in [3.05, 3.63) is 57.8 Å². The lowest BCUT2D eigenvalue weighted by Crippen LogP contribution is -2.47. The molecule has 0 saturated heterocycles. The third-order valence-electron chi connectivity index (χ3n) is 7.46. The van der Waals surface area contributed by atoms with Crippen LogP contribution in [0.4, 0.5) is 10.9 Å². The number of aromatic nitrogens is 2. The number of carbonyl (C=O) groups excluding carboxylic acids is 2. The number of carbonyl (C=O) groups is 2. The van der Waals surface area contributed by atoms with E-state index in [1.165, 1.54) is 39.0 Å². The van der Waals surface area contributed by atoms with E-state index in [1.54, 1.807) is 44.2 Å². The van der Waals surface area contributed by atoms with E-state index in [9.17, 15) is 26.4 Å². The van der Waals surface area contributed by atoms with Gasteiger partial charge in [0.05, 0.1) is 16.7 Å². The summed E-state index contributed by atoms with van der Waals surface area (Å²) in [5.41, 5.74) is 1.05. The minimum atomic E-state index is -3.74. The molecule has 0 fully saturated rings. The highest BCUT2D eigenvalue weighted by Gasteiger charge is 2.44. The molecule has 0 radical (unpaired) electrons. The molecule has 0 aliphatic carbocycles.